The van der Waals surface area contributed by atoms with Crippen LogP contribution in [0.25, 0.3) is 19.5 Å². The third kappa shape index (κ3) is 9.86. The Morgan fingerprint density at radius 1 is 0.593 bits per heavy atom. The Hall–Kier alpha value is -3.00. The van der Waals surface area contributed by atoms with Crippen molar-refractivity contribution in [3.63, 3.8) is 0 Å². The maximum atomic E-state index is 14.3. The normalized spacial score (nSPS) is 18.3. The zero-order chi connectivity index (χ0) is 38.6. The van der Waals surface area contributed by atoms with E-state index in [9.17, 15) is 29.4 Å². The molecule has 1 fully saturated rings. The van der Waals surface area contributed by atoms with Gasteiger partial charge in [-0.05, 0) is 60.0 Å². The number of unbranched alkanes of at least 4 members (excludes halogenated alkanes) is 10. The molecule has 0 aromatic carbocycles. The van der Waals surface area contributed by atoms with E-state index in [1.165, 1.54) is 45.3 Å². The largest absolute Gasteiger partial charge is 0.374 e. The zero-order valence-corrected chi connectivity index (χ0v) is 34.7. The SMILES string of the molecule is CCCCCCCCNC(=O)C(O)(c1ccc(-c2cccs2)s1)C1CC(=O)C(C(O)(C(=O)NCCCCCCCC)c2ccc(-c3cccs3)s2)CC1=O. The summed E-state index contributed by atoms with van der Waals surface area (Å²) in [5, 5.41) is 34.6. The molecule has 1 aliphatic carbocycles. The second-order valence-electron chi connectivity index (χ2n) is 14.3. The number of carbonyl (C=O) groups excluding carboxylic acids is 4. The van der Waals surface area contributed by atoms with E-state index in [-0.39, 0.29) is 9.75 Å². The predicted molar refractivity (Wildman–Crippen MR) is 222 cm³/mol. The van der Waals surface area contributed by atoms with E-state index >= 15 is 0 Å². The molecule has 2 amide bonds. The van der Waals surface area contributed by atoms with Gasteiger partial charge in [-0.2, -0.15) is 0 Å². The molecular formula is C42H54N2O6S4. The van der Waals surface area contributed by atoms with Crippen LogP contribution in [0.5, 0.6) is 0 Å². The van der Waals surface area contributed by atoms with Gasteiger partial charge in [-0.25, -0.2) is 0 Å². The van der Waals surface area contributed by atoms with Crippen LogP contribution < -0.4 is 10.6 Å². The summed E-state index contributed by atoms with van der Waals surface area (Å²) in [6, 6.07) is 14.7. The molecule has 4 atom stereocenters. The van der Waals surface area contributed by atoms with Crippen molar-refractivity contribution in [2.75, 3.05) is 13.1 Å². The highest BCUT2D eigenvalue weighted by atomic mass is 32.1. The van der Waals surface area contributed by atoms with Gasteiger partial charge in [-0.15, -0.1) is 45.3 Å². The number of carbonyl (C=O) groups is 4. The molecule has 292 valence electrons. The fourth-order valence-electron chi connectivity index (χ4n) is 7.23. The summed E-state index contributed by atoms with van der Waals surface area (Å²) < 4.78 is 0. The van der Waals surface area contributed by atoms with Gasteiger partial charge in [0, 0.05) is 55.2 Å². The monoisotopic (exact) mass is 810 g/mol. The minimum atomic E-state index is -2.31. The minimum Gasteiger partial charge on any atom is -0.374 e. The number of hydrogen-bond acceptors (Lipinski definition) is 10. The van der Waals surface area contributed by atoms with Gasteiger partial charge < -0.3 is 20.8 Å². The van der Waals surface area contributed by atoms with Crippen LogP contribution in [0.1, 0.15) is 113 Å². The average Bonchev–Trinajstić information content (AvgIpc) is 4.01. The van der Waals surface area contributed by atoms with Gasteiger partial charge in [0.1, 0.15) is 11.6 Å². The Morgan fingerprint density at radius 3 is 1.35 bits per heavy atom. The Morgan fingerprint density at radius 2 is 0.981 bits per heavy atom. The number of nitrogens with one attached hydrogen (secondary N) is 2. The summed E-state index contributed by atoms with van der Waals surface area (Å²) in [4.78, 5) is 61.0. The standard InChI is InChI=1S/C42H54N2O6S4/c1-3-5-7-9-11-13-23-43-39(47)41(49,37-21-19-35(53-37)33-17-15-25-51-33)29-27-32(46)30(28-31(29)45)42(50,40(48)44-24-14-12-10-8-6-4-2)38-22-20-36(54-38)34-18-16-26-52-34/h15-22,25-26,29-30,49-50H,3-14,23-24,27-28H2,1-2H3,(H,43,47)(H,44,48). The van der Waals surface area contributed by atoms with Gasteiger partial charge in [-0.1, -0.05) is 90.2 Å². The number of amides is 2. The molecule has 0 spiro atoms. The molecule has 0 saturated heterocycles. The number of Topliss-reactive ketones (excluding diaryl/α,β-unsaturated/α-hetero) is 2. The lowest BCUT2D eigenvalue weighted by Gasteiger charge is -2.41. The first-order chi connectivity index (χ1) is 26.1. The third-order valence-corrected chi connectivity index (χ3v) is 15.0. The summed E-state index contributed by atoms with van der Waals surface area (Å²) in [6.07, 6.45) is 11.3. The second kappa shape index (κ2) is 20.2. The summed E-state index contributed by atoms with van der Waals surface area (Å²) in [7, 11) is 0. The molecular weight excluding hydrogens is 757 g/mol. The van der Waals surface area contributed by atoms with E-state index in [2.05, 4.69) is 24.5 Å². The number of thiophene rings is 4. The third-order valence-electron chi connectivity index (χ3n) is 10.4. The van der Waals surface area contributed by atoms with E-state index < -0.39 is 59.3 Å². The molecule has 4 unspecified atom stereocenters. The van der Waals surface area contributed by atoms with Crippen LogP contribution in [0.2, 0.25) is 0 Å². The summed E-state index contributed by atoms with van der Waals surface area (Å²) >= 11 is 5.51. The number of rotatable bonds is 22. The molecule has 1 aliphatic rings. The molecule has 0 aliphatic heterocycles. The first kappa shape index (κ1) is 42.1. The van der Waals surface area contributed by atoms with Crippen LogP contribution in [0.3, 0.4) is 0 Å². The molecule has 0 bridgehead atoms. The summed E-state index contributed by atoms with van der Waals surface area (Å²) in [5.41, 5.74) is -4.62. The lowest BCUT2D eigenvalue weighted by atomic mass is 9.66. The van der Waals surface area contributed by atoms with Crippen molar-refractivity contribution in [3.8, 4) is 19.5 Å². The Kier molecular flexibility index (Phi) is 15.8. The molecule has 5 rings (SSSR count). The van der Waals surface area contributed by atoms with Crippen LogP contribution in [0, 0.1) is 11.8 Å². The zero-order valence-electron chi connectivity index (χ0n) is 31.4. The molecule has 8 nitrogen and oxygen atoms in total. The van der Waals surface area contributed by atoms with Crippen molar-refractivity contribution in [1.82, 2.24) is 10.6 Å². The smallest absolute Gasteiger partial charge is 0.258 e. The molecule has 0 radical (unpaired) electrons. The second-order valence-corrected chi connectivity index (χ2v) is 18.4. The fraction of sp³-hybridized carbons (Fsp3) is 0.524. The predicted octanol–water partition coefficient (Wildman–Crippen LogP) is 9.46. The van der Waals surface area contributed by atoms with E-state index in [1.807, 2.05) is 47.2 Å². The summed E-state index contributed by atoms with van der Waals surface area (Å²) in [6.45, 7) is 4.98. The van der Waals surface area contributed by atoms with Crippen molar-refractivity contribution >= 4 is 68.7 Å². The van der Waals surface area contributed by atoms with Gasteiger partial charge in [-0.3, -0.25) is 19.2 Å². The molecule has 1 saturated carbocycles. The maximum absolute atomic E-state index is 14.3. The molecule has 4 aromatic heterocycles. The van der Waals surface area contributed by atoms with Crippen LogP contribution in [0.4, 0.5) is 0 Å². The minimum absolute atomic E-state index is 0.279. The quantitative estimate of drug-likeness (QED) is 0.0585. The van der Waals surface area contributed by atoms with Crippen molar-refractivity contribution < 1.29 is 29.4 Å². The van der Waals surface area contributed by atoms with Crippen molar-refractivity contribution in [2.24, 2.45) is 11.8 Å². The number of ketones is 2. The van der Waals surface area contributed by atoms with E-state index in [0.717, 1.165) is 96.6 Å². The van der Waals surface area contributed by atoms with Crippen LogP contribution in [-0.2, 0) is 30.4 Å². The fourth-order valence-corrected chi connectivity index (χ4v) is 11.2. The first-order valence-electron chi connectivity index (χ1n) is 19.5. The van der Waals surface area contributed by atoms with Crippen molar-refractivity contribution in [2.45, 2.75) is 115 Å². The van der Waals surface area contributed by atoms with Gasteiger partial charge in [0.05, 0.1) is 11.8 Å². The van der Waals surface area contributed by atoms with Crippen molar-refractivity contribution in [1.29, 1.82) is 0 Å². The highest BCUT2D eigenvalue weighted by Crippen LogP contribution is 2.48. The molecule has 4 N–H and O–H groups in total. The van der Waals surface area contributed by atoms with Crippen LogP contribution >= 0.6 is 45.3 Å². The molecule has 4 aromatic rings. The molecule has 12 heteroatoms. The first-order valence-corrected chi connectivity index (χ1v) is 22.9. The van der Waals surface area contributed by atoms with Crippen molar-refractivity contribution in [3.05, 3.63) is 69.0 Å². The van der Waals surface area contributed by atoms with Gasteiger partial charge in [0.2, 0.25) is 0 Å². The Balaban J connectivity index is 1.40. The molecule has 54 heavy (non-hydrogen) atoms. The maximum Gasteiger partial charge on any atom is 0.258 e. The van der Waals surface area contributed by atoms with Gasteiger partial charge >= 0.3 is 0 Å². The van der Waals surface area contributed by atoms with E-state index in [0.29, 0.717) is 13.1 Å². The molecule has 4 heterocycles. The Labute approximate surface area is 335 Å². The van der Waals surface area contributed by atoms with E-state index in [4.69, 9.17) is 0 Å². The van der Waals surface area contributed by atoms with Gasteiger partial charge in [0.15, 0.2) is 11.2 Å². The summed E-state index contributed by atoms with van der Waals surface area (Å²) in [5.74, 6) is -5.29. The average molecular weight is 811 g/mol. The Bertz CT molecular complexity index is 1670. The highest BCUT2D eigenvalue weighted by Gasteiger charge is 2.59. The number of hydrogen-bond donors (Lipinski definition) is 4. The highest BCUT2D eigenvalue weighted by molar-refractivity contribution is 7.22. The van der Waals surface area contributed by atoms with Crippen LogP contribution in [0.15, 0.2) is 59.3 Å². The lowest BCUT2D eigenvalue weighted by molar-refractivity contribution is -0.168. The number of aliphatic hydroxyl groups is 2. The lowest BCUT2D eigenvalue weighted by Crippen LogP contribution is -2.58. The van der Waals surface area contributed by atoms with Gasteiger partial charge in [0.25, 0.3) is 11.8 Å². The van der Waals surface area contributed by atoms with Crippen LogP contribution in [-0.4, -0.2) is 46.7 Å². The topological polar surface area (TPSA) is 133 Å². The van der Waals surface area contributed by atoms with E-state index in [1.54, 1.807) is 12.1 Å².